The predicted molar refractivity (Wildman–Crippen MR) is 96.5 cm³/mol. The quantitative estimate of drug-likeness (QED) is 0.784. The smallest absolute Gasteiger partial charge is 0.271 e. The van der Waals surface area contributed by atoms with Crippen molar-refractivity contribution in [1.29, 1.82) is 0 Å². The number of rotatable bonds is 3. The van der Waals surface area contributed by atoms with Gasteiger partial charge >= 0.3 is 0 Å². The van der Waals surface area contributed by atoms with E-state index >= 15 is 0 Å². The van der Waals surface area contributed by atoms with Gasteiger partial charge in [-0.1, -0.05) is 6.07 Å². The van der Waals surface area contributed by atoms with Crippen LogP contribution < -0.4 is 0 Å². The van der Waals surface area contributed by atoms with Crippen LogP contribution >= 0.6 is 11.3 Å². The molecule has 3 aromatic rings. The summed E-state index contributed by atoms with van der Waals surface area (Å²) in [6.45, 7) is 3.40. The van der Waals surface area contributed by atoms with Crippen molar-refractivity contribution < 1.29 is 4.79 Å². The van der Waals surface area contributed by atoms with Crippen LogP contribution in [-0.2, 0) is 0 Å². The minimum Gasteiger partial charge on any atom is -0.337 e. The summed E-state index contributed by atoms with van der Waals surface area (Å²) in [4.78, 5) is 25.1. The number of aryl methyl sites for hydroxylation is 1. The van der Waals surface area contributed by atoms with E-state index < -0.39 is 0 Å². The molecule has 7 heteroatoms. The second-order valence-electron chi connectivity index (χ2n) is 6.29. The molecule has 3 aromatic heterocycles. The molecule has 1 N–H and O–H groups in total. The number of aromatic amines is 1. The SMILES string of the molecule is Cc1cc(-c2cccs2)nc([C@@H]2CCCN(C(=O)c3ccn[nH]3)C2)n1. The van der Waals surface area contributed by atoms with Crippen LogP contribution in [0.3, 0.4) is 0 Å². The maximum atomic E-state index is 12.6. The van der Waals surface area contributed by atoms with Crippen molar-refractivity contribution >= 4 is 17.2 Å². The Kier molecular flexibility index (Phi) is 4.31. The summed E-state index contributed by atoms with van der Waals surface area (Å²) in [6.07, 6.45) is 3.56. The van der Waals surface area contributed by atoms with Crippen molar-refractivity contribution in [3.63, 3.8) is 0 Å². The number of carbonyl (C=O) groups excluding carboxylic acids is 1. The molecule has 1 aliphatic rings. The van der Waals surface area contributed by atoms with Crippen LogP contribution in [0.5, 0.6) is 0 Å². The Hall–Kier alpha value is -2.54. The maximum absolute atomic E-state index is 12.6. The van der Waals surface area contributed by atoms with Gasteiger partial charge in [0.2, 0.25) is 0 Å². The van der Waals surface area contributed by atoms with Crippen molar-refractivity contribution in [2.45, 2.75) is 25.7 Å². The van der Waals surface area contributed by atoms with Crippen LogP contribution in [0.4, 0.5) is 0 Å². The van der Waals surface area contributed by atoms with Crippen molar-refractivity contribution in [2.75, 3.05) is 13.1 Å². The van der Waals surface area contributed by atoms with Gasteiger partial charge in [0, 0.05) is 30.9 Å². The monoisotopic (exact) mass is 353 g/mol. The number of hydrogen-bond donors (Lipinski definition) is 1. The van der Waals surface area contributed by atoms with E-state index in [9.17, 15) is 4.79 Å². The van der Waals surface area contributed by atoms with E-state index in [1.807, 2.05) is 24.0 Å². The van der Waals surface area contributed by atoms with E-state index in [0.717, 1.165) is 41.5 Å². The Labute approximate surface area is 149 Å². The molecule has 1 fully saturated rings. The van der Waals surface area contributed by atoms with E-state index in [1.54, 1.807) is 23.6 Å². The summed E-state index contributed by atoms with van der Waals surface area (Å²) < 4.78 is 0. The Morgan fingerprint density at radius 1 is 1.36 bits per heavy atom. The third kappa shape index (κ3) is 3.32. The Morgan fingerprint density at radius 2 is 2.28 bits per heavy atom. The molecule has 0 aliphatic carbocycles. The van der Waals surface area contributed by atoms with Gasteiger partial charge in [-0.05, 0) is 43.3 Å². The standard InChI is InChI=1S/C18H19N5OS/c1-12-10-15(16-5-3-9-25-16)21-17(20-12)13-4-2-8-23(11-13)18(24)14-6-7-19-22-14/h3,5-7,9-10,13H,2,4,8,11H2,1H3,(H,19,22)/t13-/m1/s1. The minimum absolute atomic E-state index is 0.00617. The van der Waals surface area contributed by atoms with Crippen molar-refractivity contribution in [2.24, 2.45) is 0 Å². The zero-order valence-corrected chi connectivity index (χ0v) is 14.8. The minimum atomic E-state index is -0.00617. The van der Waals surface area contributed by atoms with Gasteiger partial charge in [-0.2, -0.15) is 5.10 Å². The van der Waals surface area contributed by atoms with Gasteiger partial charge in [0.25, 0.3) is 5.91 Å². The van der Waals surface area contributed by atoms with E-state index in [1.165, 1.54) is 0 Å². The fraction of sp³-hybridized carbons (Fsp3) is 0.333. The van der Waals surface area contributed by atoms with Gasteiger partial charge in [0.05, 0.1) is 10.6 Å². The summed E-state index contributed by atoms with van der Waals surface area (Å²) in [6, 6.07) is 7.84. The summed E-state index contributed by atoms with van der Waals surface area (Å²) in [5.74, 6) is 0.998. The molecule has 1 amide bonds. The van der Waals surface area contributed by atoms with Crippen LogP contribution in [0.1, 0.15) is 40.8 Å². The summed E-state index contributed by atoms with van der Waals surface area (Å²) in [5, 5.41) is 8.68. The first-order valence-corrected chi connectivity index (χ1v) is 9.27. The number of hydrogen-bond acceptors (Lipinski definition) is 5. The molecule has 0 spiro atoms. The third-order valence-corrected chi connectivity index (χ3v) is 5.34. The first kappa shape index (κ1) is 16.0. The van der Waals surface area contributed by atoms with Crippen molar-refractivity contribution in [3.05, 3.63) is 53.1 Å². The van der Waals surface area contributed by atoms with Crippen LogP contribution in [0.2, 0.25) is 0 Å². The first-order valence-electron chi connectivity index (χ1n) is 8.39. The molecule has 6 nitrogen and oxygen atoms in total. The number of thiophene rings is 1. The average molecular weight is 353 g/mol. The molecule has 128 valence electrons. The lowest BCUT2D eigenvalue weighted by Gasteiger charge is -2.31. The van der Waals surface area contributed by atoms with Crippen LogP contribution in [0.15, 0.2) is 35.8 Å². The van der Waals surface area contributed by atoms with Gasteiger partial charge in [-0.15, -0.1) is 11.3 Å². The first-order chi connectivity index (χ1) is 12.2. The van der Waals surface area contributed by atoms with Crippen LogP contribution in [-0.4, -0.2) is 44.1 Å². The molecule has 0 unspecified atom stereocenters. The summed E-state index contributed by atoms with van der Waals surface area (Å²) in [5.41, 5.74) is 2.46. The number of H-pyrrole nitrogens is 1. The Bertz CT molecular complexity index is 860. The van der Waals surface area contributed by atoms with Crippen LogP contribution in [0, 0.1) is 6.92 Å². The molecule has 0 bridgehead atoms. The lowest BCUT2D eigenvalue weighted by atomic mass is 9.96. The van der Waals surface area contributed by atoms with E-state index in [4.69, 9.17) is 4.98 Å². The van der Waals surface area contributed by atoms with E-state index in [-0.39, 0.29) is 11.8 Å². The molecule has 1 atom stereocenters. The van der Waals surface area contributed by atoms with Crippen molar-refractivity contribution in [1.82, 2.24) is 25.1 Å². The number of likely N-dealkylation sites (tertiary alicyclic amines) is 1. The number of carbonyl (C=O) groups is 1. The molecule has 0 aromatic carbocycles. The lowest BCUT2D eigenvalue weighted by Crippen LogP contribution is -2.39. The fourth-order valence-corrected chi connectivity index (χ4v) is 3.93. The predicted octanol–water partition coefficient (Wildman–Crippen LogP) is 3.26. The highest BCUT2D eigenvalue weighted by molar-refractivity contribution is 7.13. The Balaban J connectivity index is 1.58. The van der Waals surface area contributed by atoms with E-state index in [0.29, 0.717) is 12.2 Å². The van der Waals surface area contributed by atoms with Crippen molar-refractivity contribution in [3.8, 4) is 10.6 Å². The zero-order valence-electron chi connectivity index (χ0n) is 14.0. The lowest BCUT2D eigenvalue weighted by molar-refractivity contribution is 0.0698. The Morgan fingerprint density at radius 3 is 3.04 bits per heavy atom. The normalized spacial score (nSPS) is 17.6. The number of piperidine rings is 1. The van der Waals surface area contributed by atoms with Gasteiger partial charge in [-0.3, -0.25) is 9.89 Å². The highest BCUT2D eigenvalue weighted by Crippen LogP contribution is 2.29. The maximum Gasteiger partial charge on any atom is 0.271 e. The molecular weight excluding hydrogens is 334 g/mol. The number of aromatic nitrogens is 4. The van der Waals surface area contributed by atoms with Crippen LogP contribution in [0.25, 0.3) is 10.6 Å². The highest BCUT2D eigenvalue weighted by Gasteiger charge is 2.28. The van der Waals surface area contributed by atoms with Gasteiger partial charge < -0.3 is 4.90 Å². The van der Waals surface area contributed by atoms with E-state index in [2.05, 4.69) is 26.6 Å². The van der Waals surface area contributed by atoms with Gasteiger partial charge in [0.1, 0.15) is 11.5 Å². The molecule has 4 rings (SSSR count). The number of nitrogens with zero attached hydrogens (tertiary/aromatic N) is 4. The molecular formula is C18H19N5OS. The molecule has 0 saturated carbocycles. The third-order valence-electron chi connectivity index (χ3n) is 4.45. The zero-order chi connectivity index (χ0) is 17.2. The summed E-state index contributed by atoms with van der Waals surface area (Å²) >= 11 is 1.68. The second-order valence-corrected chi connectivity index (χ2v) is 7.24. The largest absolute Gasteiger partial charge is 0.337 e. The average Bonchev–Trinajstić information content (AvgIpc) is 3.34. The number of amides is 1. The number of nitrogens with one attached hydrogen (secondary N) is 1. The molecule has 0 radical (unpaired) electrons. The second kappa shape index (κ2) is 6.76. The molecule has 1 aliphatic heterocycles. The topological polar surface area (TPSA) is 74.8 Å². The van der Waals surface area contributed by atoms with Gasteiger partial charge in [-0.25, -0.2) is 9.97 Å². The summed E-state index contributed by atoms with van der Waals surface area (Å²) in [7, 11) is 0. The molecule has 4 heterocycles. The van der Waals surface area contributed by atoms with Gasteiger partial charge in [0.15, 0.2) is 0 Å². The highest BCUT2D eigenvalue weighted by atomic mass is 32.1. The molecule has 25 heavy (non-hydrogen) atoms. The fourth-order valence-electron chi connectivity index (χ4n) is 3.24. The molecule has 1 saturated heterocycles.